The Labute approximate surface area is 149 Å². The van der Waals surface area contributed by atoms with E-state index in [0.717, 1.165) is 0 Å². The van der Waals surface area contributed by atoms with Crippen LogP contribution in [0.25, 0.3) is 0 Å². The molecule has 24 heavy (non-hydrogen) atoms. The van der Waals surface area contributed by atoms with Crippen molar-refractivity contribution >= 4 is 17.6 Å². The van der Waals surface area contributed by atoms with Crippen molar-refractivity contribution in [3.05, 3.63) is 0 Å². The van der Waals surface area contributed by atoms with Crippen LogP contribution in [0.5, 0.6) is 0 Å². The first kappa shape index (κ1) is 26.3. The standard InChI is InChI=1S/2C7H19NO3Si/c2*1-4-9-12(7-8,10-5-2)11-6-3/h2*4-8H2,1-3H3. The molecule has 0 aliphatic heterocycles. The highest BCUT2D eigenvalue weighted by Crippen LogP contribution is 2.08. The fourth-order valence-corrected chi connectivity index (χ4v) is 5.77. The summed E-state index contributed by atoms with van der Waals surface area (Å²) in [7, 11) is -4.98. The minimum absolute atomic E-state index is 0.350. The molecule has 0 aromatic rings. The summed E-state index contributed by atoms with van der Waals surface area (Å²) in [5.74, 6) is 0. The zero-order valence-corrected chi connectivity index (χ0v) is 18.3. The summed E-state index contributed by atoms with van der Waals surface area (Å²) < 4.78 is 32.6. The van der Waals surface area contributed by atoms with Crippen LogP contribution in [0.15, 0.2) is 0 Å². The fraction of sp³-hybridized carbons (Fsp3) is 1.00. The average Bonchev–Trinajstić information content (AvgIpc) is 2.56. The van der Waals surface area contributed by atoms with Gasteiger partial charge in [0.2, 0.25) is 0 Å². The van der Waals surface area contributed by atoms with Gasteiger partial charge in [0.25, 0.3) is 0 Å². The lowest BCUT2D eigenvalue weighted by molar-refractivity contribution is 0.0720. The van der Waals surface area contributed by atoms with Gasteiger partial charge in [-0.25, -0.2) is 0 Å². The highest BCUT2D eigenvalue weighted by Gasteiger charge is 2.39. The first-order chi connectivity index (χ1) is 11.5. The fourth-order valence-electron chi connectivity index (χ4n) is 1.92. The summed E-state index contributed by atoms with van der Waals surface area (Å²) >= 11 is 0. The minimum atomic E-state index is -2.49. The van der Waals surface area contributed by atoms with Crippen molar-refractivity contribution < 1.29 is 26.6 Å². The molecule has 0 rings (SSSR count). The van der Waals surface area contributed by atoms with Gasteiger partial charge >= 0.3 is 17.6 Å². The molecule has 0 unspecified atom stereocenters. The van der Waals surface area contributed by atoms with Crippen LogP contribution in [-0.4, -0.2) is 69.6 Å². The van der Waals surface area contributed by atoms with Crippen LogP contribution in [0.3, 0.4) is 0 Å². The van der Waals surface area contributed by atoms with Gasteiger partial charge in [0, 0.05) is 39.6 Å². The van der Waals surface area contributed by atoms with Crippen LogP contribution in [0.4, 0.5) is 0 Å². The lowest BCUT2D eigenvalue weighted by Gasteiger charge is -2.26. The summed E-state index contributed by atoms with van der Waals surface area (Å²) in [6, 6.07) is 0. The topological polar surface area (TPSA) is 107 Å². The van der Waals surface area contributed by atoms with Gasteiger partial charge in [0.05, 0.1) is 12.3 Å². The highest BCUT2D eigenvalue weighted by atomic mass is 28.4. The van der Waals surface area contributed by atoms with E-state index in [1.165, 1.54) is 0 Å². The summed E-state index contributed by atoms with van der Waals surface area (Å²) in [5.41, 5.74) is 11.1. The van der Waals surface area contributed by atoms with E-state index in [1.54, 1.807) is 0 Å². The highest BCUT2D eigenvalue weighted by molar-refractivity contribution is 6.61. The second-order valence-electron chi connectivity index (χ2n) is 4.37. The number of rotatable bonds is 14. The third-order valence-corrected chi connectivity index (χ3v) is 8.06. The summed E-state index contributed by atoms with van der Waals surface area (Å²) in [5, 5.41) is 0. The maximum absolute atomic E-state index is 5.55. The molecule has 0 spiro atoms. The Bertz CT molecular complexity index is 218. The van der Waals surface area contributed by atoms with Crippen LogP contribution < -0.4 is 11.5 Å². The Kier molecular flexibility index (Phi) is 18.2. The van der Waals surface area contributed by atoms with E-state index in [-0.39, 0.29) is 0 Å². The Balaban J connectivity index is 0. The third kappa shape index (κ3) is 10.9. The Morgan fingerprint density at radius 3 is 0.708 bits per heavy atom. The van der Waals surface area contributed by atoms with E-state index < -0.39 is 17.6 Å². The van der Waals surface area contributed by atoms with Crippen molar-refractivity contribution in [3.8, 4) is 0 Å². The Morgan fingerprint density at radius 1 is 0.458 bits per heavy atom. The molecule has 0 aromatic heterocycles. The molecule has 0 heterocycles. The maximum atomic E-state index is 5.55. The van der Waals surface area contributed by atoms with E-state index in [1.807, 2.05) is 41.5 Å². The van der Waals surface area contributed by atoms with Gasteiger partial charge in [0.1, 0.15) is 0 Å². The van der Waals surface area contributed by atoms with Gasteiger partial charge in [-0.15, -0.1) is 0 Å². The summed E-state index contributed by atoms with van der Waals surface area (Å²) in [4.78, 5) is 0. The predicted octanol–water partition coefficient (Wildman–Crippen LogP) is 1.07. The number of nitrogens with two attached hydrogens (primary N) is 2. The number of hydrogen-bond acceptors (Lipinski definition) is 8. The molecule has 0 saturated heterocycles. The molecule has 4 N–H and O–H groups in total. The van der Waals surface area contributed by atoms with Gasteiger partial charge in [-0.1, -0.05) is 0 Å². The molecule has 0 radical (unpaired) electrons. The molecule has 0 atom stereocenters. The lowest BCUT2D eigenvalue weighted by Crippen LogP contribution is -2.52. The van der Waals surface area contributed by atoms with Crippen LogP contribution in [-0.2, 0) is 26.6 Å². The van der Waals surface area contributed by atoms with Gasteiger partial charge in [-0.2, -0.15) is 0 Å². The van der Waals surface area contributed by atoms with E-state index in [0.29, 0.717) is 52.0 Å². The van der Waals surface area contributed by atoms with Crippen LogP contribution >= 0.6 is 0 Å². The molecular formula is C14H38N2O6Si2. The maximum Gasteiger partial charge on any atom is 0.515 e. The zero-order chi connectivity index (χ0) is 18.9. The minimum Gasteiger partial charge on any atom is -0.373 e. The molecule has 0 aliphatic rings. The quantitative estimate of drug-likeness (QED) is 0.427. The van der Waals surface area contributed by atoms with Crippen molar-refractivity contribution in [2.75, 3.05) is 52.0 Å². The molecule has 0 aliphatic carbocycles. The zero-order valence-electron chi connectivity index (χ0n) is 16.3. The SMILES string of the molecule is CCO[Si](CN)(OCC)OCC.CCO[Si](CN)(OCC)OCC. The van der Waals surface area contributed by atoms with E-state index in [4.69, 9.17) is 38.0 Å². The molecule has 0 bridgehead atoms. The monoisotopic (exact) mass is 386 g/mol. The van der Waals surface area contributed by atoms with Crippen molar-refractivity contribution in [3.63, 3.8) is 0 Å². The molecule has 8 nitrogen and oxygen atoms in total. The molecular weight excluding hydrogens is 348 g/mol. The Morgan fingerprint density at radius 2 is 0.625 bits per heavy atom. The third-order valence-electron chi connectivity index (χ3n) is 2.69. The van der Waals surface area contributed by atoms with Crippen LogP contribution in [0, 0.1) is 0 Å². The average molecular weight is 387 g/mol. The molecule has 0 aromatic carbocycles. The molecule has 148 valence electrons. The van der Waals surface area contributed by atoms with E-state index in [2.05, 4.69) is 0 Å². The molecule has 0 saturated carbocycles. The van der Waals surface area contributed by atoms with Gasteiger partial charge in [0.15, 0.2) is 0 Å². The van der Waals surface area contributed by atoms with Crippen molar-refractivity contribution in [2.45, 2.75) is 41.5 Å². The van der Waals surface area contributed by atoms with Gasteiger partial charge < -0.3 is 38.0 Å². The van der Waals surface area contributed by atoms with Gasteiger partial charge in [-0.05, 0) is 41.5 Å². The lowest BCUT2D eigenvalue weighted by atomic mass is 10.9. The molecule has 0 fully saturated rings. The second-order valence-corrected chi connectivity index (χ2v) is 9.65. The van der Waals surface area contributed by atoms with Gasteiger partial charge in [-0.3, -0.25) is 0 Å². The van der Waals surface area contributed by atoms with Crippen LogP contribution in [0.1, 0.15) is 41.5 Å². The van der Waals surface area contributed by atoms with E-state index >= 15 is 0 Å². The predicted molar refractivity (Wildman–Crippen MR) is 99.4 cm³/mol. The molecule has 0 amide bonds. The Hall–Kier alpha value is 0.114. The smallest absolute Gasteiger partial charge is 0.373 e. The number of hydrogen-bond donors (Lipinski definition) is 2. The normalized spacial score (nSPS) is 12.0. The first-order valence-electron chi connectivity index (χ1n) is 8.72. The van der Waals surface area contributed by atoms with Crippen LogP contribution in [0.2, 0.25) is 0 Å². The van der Waals surface area contributed by atoms with E-state index in [9.17, 15) is 0 Å². The largest absolute Gasteiger partial charge is 0.515 e. The summed E-state index contributed by atoms with van der Waals surface area (Å²) in [6.45, 7) is 15.0. The van der Waals surface area contributed by atoms with Crippen molar-refractivity contribution in [1.82, 2.24) is 0 Å². The van der Waals surface area contributed by atoms with Crippen molar-refractivity contribution in [1.29, 1.82) is 0 Å². The summed E-state index contributed by atoms with van der Waals surface area (Å²) in [6.07, 6.45) is 0.699. The first-order valence-corrected chi connectivity index (χ1v) is 12.6. The second kappa shape index (κ2) is 16.6. The molecule has 10 heteroatoms. The van der Waals surface area contributed by atoms with Crippen molar-refractivity contribution in [2.24, 2.45) is 11.5 Å².